The number of hydrogen-bond donors (Lipinski definition) is 4. The van der Waals surface area contributed by atoms with Crippen molar-refractivity contribution in [3.05, 3.63) is 23.8 Å². The summed E-state index contributed by atoms with van der Waals surface area (Å²) >= 11 is 0. The highest BCUT2D eigenvalue weighted by molar-refractivity contribution is 7.88. The van der Waals surface area contributed by atoms with Gasteiger partial charge in [0, 0.05) is 18.8 Å². The molecule has 0 heterocycles. The molecule has 0 atom stereocenters. The van der Waals surface area contributed by atoms with Gasteiger partial charge in [-0.2, -0.15) is 0 Å². The first-order valence-electron chi connectivity index (χ1n) is 5.61. The quantitative estimate of drug-likeness (QED) is 0.323. The van der Waals surface area contributed by atoms with Crippen LogP contribution in [0, 0.1) is 0 Å². The van der Waals surface area contributed by atoms with Crippen LogP contribution in [-0.4, -0.2) is 38.8 Å². The molecule has 0 bridgehead atoms. The van der Waals surface area contributed by atoms with Gasteiger partial charge in [0.2, 0.25) is 10.0 Å². The third-order valence-corrected chi connectivity index (χ3v) is 3.01. The summed E-state index contributed by atoms with van der Waals surface area (Å²) in [5, 5.41) is 11.9. The highest BCUT2D eigenvalue weighted by Gasteiger charge is 2.09. The Hall–Kier alpha value is -1.80. The smallest absolute Gasteiger partial charge is 0.253 e. The molecule has 1 aromatic carbocycles. The Labute approximate surface area is 111 Å². The van der Waals surface area contributed by atoms with Gasteiger partial charge in [0.15, 0.2) is 0 Å². The maximum absolute atomic E-state index is 11.7. The number of phenols is 1. The van der Waals surface area contributed by atoms with E-state index >= 15 is 0 Å². The largest absolute Gasteiger partial charge is 0.508 e. The average Bonchev–Trinajstić information content (AvgIpc) is 2.30. The number of hydrogen-bond acceptors (Lipinski definition) is 5. The predicted molar refractivity (Wildman–Crippen MR) is 72.3 cm³/mol. The Morgan fingerprint density at radius 1 is 1.37 bits per heavy atom. The number of carbonyl (C=O) groups is 1. The number of rotatable bonds is 6. The molecule has 19 heavy (non-hydrogen) atoms. The summed E-state index contributed by atoms with van der Waals surface area (Å²) in [6.45, 7) is 0.547. The van der Waals surface area contributed by atoms with Crippen LogP contribution in [0.4, 0.5) is 5.69 Å². The summed E-state index contributed by atoms with van der Waals surface area (Å²) < 4.78 is 23.9. The predicted octanol–water partition coefficient (Wildman–Crippen LogP) is -0.357. The number of anilines is 1. The van der Waals surface area contributed by atoms with Crippen LogP contribution < -0.4 is 15.8 Å². The minimum atomic E-state index is -3.21. The Morgan fingerprint density at radius 2 is 2.05 bits per heavy atom. The lowest BCUT2D eigenvalue weighted by Gasteiger charge is -2.08. The molecule has 0 spiro atoms. The van der Waals surface area contributed by atoms with Gasteiger partial charge in [0.05, 0.1) is 11.8 Å². The first-order valence-corrected chi connectivity index (χ1v) is 7.50. The number of nitrogens with one attached hydrogen (secondary N) is 2. The van der Waals surface area contributed by atoms with Gasteiger partial charge < -0.3 is 16.2 Å². The molecule has 1 rings (SSSR count). The zero-order valence-corrected chi connectivity index (χ0v) is 11.3. The van der Waals surface area contributed by atoms with Crippen molar-refractivity contribution >= 4 is 21.6 Å². The van der Waals surface area contributed by atoms with E-state index in [4.69, 9.17) is 5.73 Å². The number of sulfonamides is 1. The van der Waals surface area contributed by atoms with Crippen LogP contribution >= 0.6 is 0 Å². The first kappa shape index (κ1) is 15.3. The number of benzene rings is 1. The topological polar surface area (TPSA) is 122 Å². The van der Waals surface area contributed by atoms with Crippen LogP contribution in [0.25, 0.3) is 0 Å². The molecular formula is C11H17N3O4S. The Morgan fingerprint density at radius 3 is 2.68 bits per heavy atom. The van der Waals surface area contributed by atoms with Crippen LogP contribution in [0.5, 0.6) is 5.75 Å². The fourth-order valence-corrected chi connectivity index (χ4v) is 1.90. The summed E-state index contributed by atoms with van der Waals surface area (Å²) in [4.78, 5) is 11.7. The summed E-state index contributed by atoms with van der Waals surface area (Å²) in [6.07, 6.45) is 1.52. The van der Waals surface area contributed by atoms with Crippen LogP contribution in [0.3, 0.4) is 0 Å². The Balaban J connectivity index is 2.42. The molecular weight excluding hydrogens is 270 g/mol. The van der Waals surface area contributed by atoms with Crippen molar-refractivity contribution in [2.24, 2.45) is 0 Å². The molecule has 0 saturated carbocycles. The van der Waals surface area contributed by atoms with Crippen molar-refractivity contribution < 1.29 is 18.3 Å². The van der Waals surface area contributed by atoms with Gasteiger partial charge in [0.25, 0.3) is 5.91 Å². The van der Waals surface area contributed by atoms with E-state index in [0.717, 1.165) is 6.26 Å². The first-order chi connectivity index (χ1) is 8.79. The van der Waals surface area contributed by atoms with Gasteiger partial charge in [-0.25, -0.2) is 13.1 Å². The summed E-state index contributed by atoms with van der Waals surface area (Å²) in [5.41, 5.74) is 6.07. The SMILES string of the molecule is CS(=O)(=O)NCCCNC(=O)c1cc(O)ccc1N. The molecule has 0 saturated heterocycles. The standard InChI is InChI=1S/C11H17N3O4S/c1-19(17,18)14-6-2-5-13-11(16)9-7-8(15)3-4-10(9)12/h3-4,7,14-15H,2,5-6,12H2,1H3,(H,13,16). The fourth-order valence-electron chi connectivity index (χ4n) is 1.38. The lowest BCUT2D eigenvalue weighted by molar-refractivity contribution is 0.0954. The lowest BCUT2D eigenvalue weighted by Crippen LogP contribution is -2.29. The molecule has 1 aromatic rings. The fraction of sp³-hybridized carbons (Fsp3) is 0.364. The molecule has 0 fully saturated rings. The summed E-state index contributed by atoms with van der Waals surface area (Å²) in [6, 6.07) is 4.11. The molecule has 5 N–H and O–H groups in total. The highest BCUT2D eigenvalue weighted by Crippen LogP contribution is 2.18. The van der Waals surface area contributed by atoms with E-state index in [-0.39, 0.29) is 23.5 Å². The highest BCUT2D eigenvalue weighted by atomic mass is 32.2. The molecule has 0 aliphatic heterocycles. The van der Waals surface area contributed by atoms with E-state index in [2.05, 4.69) is 10.0 Å². The minimum absolute atomic E-state index is 0.0434. The lowest BCUT2D eigenvalue weighted by atomic mass is 10.1. The Bertz CT molecular complexity index is 557. The number of phenolic OH excluding ortho intramolecular Hbond substituents is 1. The summed E-state index contributed by atoms with van der Waals surface area (Å²) in [7, 11) is -3.21. The van der Waals surface area contributed by atoms with E-state index < -0.39 is 15.9 Å². The molecule has 7 nitrogen and oxygen atoms in total. The van der Waals surface area contributed by atoms with E-state index in [1.165, 1.54) is 18.2 Å². The van der Waals surface area contributed by atoms with Gasteiger partial charge in [0.1, 0.15) is 5.75 Å². The Kier molecular flexibility index (Phi) is 5.13. The van der Waals surface area contributed by atoms with Crippen LogP contribution in [0.15, 0.2) is 18.2 Å². The number of nitrogen functional groups attached to an aromatic ring is 1. The molecule has 8 heteroatoms. The van der Waals surface area contributed by atoms with Gasteiger partial charge in [-0.3, -0.25) is 4.79 Å². The van der Waals surface area contributed by atoms with Gasteiger partial charge >= 0.3 is 0 Å². The molecule has 0 aliphatic carbocycles. The molecule has 0 radical (unpaired) electrons. The molecule has 0 unspecified atom stereocenters. The third kappa shape index (κ3) is 5.58. The van der Waals surface area contributed by atoms with E-state index in [9.17, 15) is 18.3 Å². The number of aromatic hydroxyl groups is 1. The van der Waals surface area contributed by atoms with Crippen molar-refractivity contribution in [2.75, 3.05) is 25.1 Å². The van der Waals surface area contributed by atoms with Crippen molar-refractivity contribution in [3.8, 4) is 5.75 Å². The zero-order chi connectivity index (χ0) is 14.5. The van der Waals surface area contributed by atoms with Crippen molar-refractivity contribution in [1.29, 1.82) is 0 Å². The average molecular weight is 287 g/mol. The monoisotopic (exact) mass is 287 g/mol. The van der Waals surface area contributed by atoms with E-state index in [0.29, 0.717) is 13.0 Å². The molecule has 0 aliphatic rings. The zero-order valence-electron chi connectivity index (χ0n) is 10.5. The minimum Gasteiger partial charge on any atom is -0.508 e. The normalized spacial score (nSPS) is 11.2. The van der Waals surface area contributed by atoms with Crippen LogP contribution in [0.2, 0.25) is 0 Å². The summed E-state index contributed by atoms with van der Waals surface area (Å²) in [5.74, 6) is -0.453. The van der Waals surface area contributed by atoms with E-state index in [1.807, 2.05) is 0 Å². The van der Waals surface area contributed by atoms with Crippen LogP contribution in [0.1, 0.15) is 16.8 Å². The molecule has 106 valence electrons. The number of carbonyl (C=O) groups excluding carboxylic acids is 1. The van der Waals surface area contributed by atoms with Gasteiger partial charge in [-0.1, -0.05) is 0 Å². The maximum atomic E-state index is 11.7. The second kappa shape index (κ2) is 6.39. The number of amides is 1. The van der Waals surface area contributed by atoms with Gasteiger partial charge in [-0.05, 0) is 24.6 Å². The van der Waals surface area contributed by atoms with Crippen molar-refractivity contribution in [2.45, 2.75) is 6.42 Å². The second-order valence-electron chi connectivity index (χ2n) is 4.05. The van der Waals surface area contributed by atoms with Crippen LogP contribution in [-0.2, 0) is 10.0 Å². The molecule has 0 aromatic heterocycles. The third-order valence-electron chi connectivity index (χ3n) is 2.28. The maximum Gasteiger partial charge on any atom is 0.253 e. The van der Waals surface area contributed by atoms with Crippen molar-refractivity contribution in [1.82, 2.24) is 10.0 Å². The second-order valence-corrected chi connectivity index (χ2v) is 5.88. The van der Waals surface area contributed by atoms with E-state index in [1.54, 1.807) is 0 Å². The van der Waals surface area contributed by atoms with Crippen molar-refractivity contribution in [3.63, 3.8) is 0 Å². The van der Waals surface area contributed by atoms with Gasteiger partial charge in [-0.15, -0.1) is 0 Å². The number of nitrogens with two attached hydrogens (primary N) is 1. The molecule has 1 amide bonds.